The van der Waals surface area contributed by atoms with Gasteiger partial charge in [0, 0.05) is 15.8 Å². The van der Waals surface area contributed by atoms with Gasteiger partial charge in [-0.2, -0.15) is 0 Å². The van der Waals surface area contributed by atoms with Crippen LogP contribution in [0.2, 0.25) is 0 Å². The Hall–Kier alpha value is -1.92. The Bertz CT molecular complexity index is 775. The highest BCUT2D eigenvalue weighted by molar-refractivity contribution is 7.17. The Morgan fingerprint density at radius 3 is 2.96 bits per heavy atom. The van der Waals surface area contributed by atoms with Gasteiger partial charge in [-0.3, -0.25) is 9.59 Å². The molecule has 0 bridgehead atoms. The Morgan fingerprint density at radius 2 is 2.29 bits per heavy atom. The van der Waals surface area contributed by atoms with Crippen LogP contribution in [0.15, 0.2) is 23.6 Å². The molecule has 0 fully saturated rings. The molecule has 2 aromatic heterocycles. The van der Waals surface area contributed by atoms with Crippen LogP contribution < -0.4 is 11.1 Å². The van der Waals surface area contributed by atoms with Crippen molar-refractivity contribution >= 4 is 45.6 Å². The van der Waals surface area contributed by atoms with Gasteiger partial charge in [0.1, 0.15) is 5.00 Å². The first kappa shape index (κ1) is 16.9. The highest BCUT2D eigenvalue weighted by Gasteiger charge is 2.27. The summed E-state index contributed by atoms with van der Waals surface area (Å²) in [5, 5.41) is 5.39. The van der Waals surface area contributed by atoms with Crippen LogP contribution in [0.4, 0.5) is 5.00 Å². The average Bonchev–Trinajstić information content (AvgIpc) is 3.19. The van der Waals surface area contributed by atoms with E-state index in [1.165, 1.54) is 22.3 Å². The van der Waals surface area contributed by atoms with E-state index in [-0.39, 0.29) is 5.91 Å². The number of primary amides is 1. The molecule has 4 nitrogen and oxygen atoms in total. The van der Waals surface area contributed by atoms with E-state index in [0.29, 0.717) is 16.5 Å². The second kappa shape index (κ2) is 7.32. The molecule has 0 spiro atoms. The number of thiophene rings is 2. The normalized spacial score (nSPS) is 17.0. The van der Waals surface area contributed by atoms with Gasteiger partial charge in [0.05, 0.1) is 5.56 Å². The van der Waals surface area contributed by atoms with Crippen molar-refractivity contribution in [3.63, 3.8) is 0 Å². The molecular weight excluding hydrogens is 340 g/mol. The molecule has 0 unspecified atom stereocenters. The average molecular weight is 361 g/mol. The first-order chi connectivity index (χ1) is 11.6. The maximum absolute atomic E-state index is 12.2. The molecule has 0 aliphatic heterocycles. The van der Waals surface area contributed by atoms with Crippen LogP contribution in [0.5, 0.6) is 0 Å². The van der Waals surface area contributed by atoms with Crippen molar-refractivity contribution in [2.45, 2.75) is 32.6 Å². The van der Waals surface area contributed by atoms with Crippen molar-refractivity contribution < 1.29 is 9.59 Å². The van der Waals surface area contributed by atoms with E-state index in [4.69, 9.17) is 5.73 Å². The second-order valence-electron chi connectivity index (χ2n) is 5.93. The standard InChI is InChI=1S/C18H20N2O2S2/c1-2-11-5-7-13-14(10-11)24-18(16(13)17(19)22)20-15(21)8-6-12-4-3-9-23-12/h3-4,6,8-9,11H,2,5,7,10H2,1H3,(H2,19,22)(H,20,21)/b8-6-/t11-/m0/s1. The predicted octanol–water partition coefficient (Wildman–Crippen LogP) is 4.08. The minimum Gasteiger partial charge on any atom is -0.365 e. The number of anilines is 1. The molecule has 0 radical (unpaired) electrons. The minimum atomic E-state index is -0.458. The summed E-state index contributed by atoms with van der Waals surface area (Å²) in [4.78, 5) is 26.3. The highest BCUT2D eigenvalue weighted by Crippen LogP contribution is 2.40. The number of nitrogens with two attached hydrogens (primary N) is 1. The predicted molar refractivity (Wildman–Crippen MR) is 101 cm³/mol. The van der Waals surface area contributed by atoms with Crippen molar-refractivity contribution in [2.75, 3.05) is 5.32 Å². The van der Waals surface area contributed by atoms with Crippen molar-refractivity contribution in [3.8, 4) is 0 Å². The number of carbonyl (C=O) groups is 2. The summed E-state index contributed by atoms with van der Waals surface area (Å²) in [5.74, 6) is -0.0457. The Kier molecular flexibility index (Phi) is 5.16. The third-order valence-electron chi connectivity index (χ3n) is 4.37. The van der Waals surface area contributed by atoms with Crippen LogP contribution in [0.25, 0.3) is 6.08 Å². The molecule has 126 valence electrons. The van der Waals surface area contributed by atoms with E-state index in [0.717, 1.165) is 36.1 Å². The fourth-order valence-corrected chi connectivity index (χ4v) is 5.04. The van der Waals surface area contributed by atoms with Crippen LogP contribution >= 0.6 is 22.7 Å². The lowest BCUT2D eigenvalue weighted by molar-refractivity contribution is -0.111. The van der Waals surface area contributed by atoms with E-state index in [1.54, 1.807) is 17.4 Å². The van der Waals surface area contributed by atoms with Crippen molar-refractivity contribution in [2.24, 2.45) is 11.7 Å². The third kappa shape index (κ3) is 3.60. The second-order valence-corrected chi connectivity index (χ2v) is 8.01. The number of hydrogen-bond acceptors (Lipinski definition) is 4. The summed E-state index contributed by atoms with van der Waals surface area (Å²) >= 11 is 3.06. The number of nitrogens with one attached hydrogen (secondary N) is 1. The fraction of sp³-hybridized carbons (Fsp3) is 0.333. The summed E-state index contributed by atoms with van der Waals surface area (Å²) in [6.45, 7) is 2.19. The topological polar surface area (TPSA) is 72.2 Å². The van der Waals surface area contributed by atoms with Gasteiger partial charge in [0.2, 0.25) is 5.91 Å². The Balaban J connectivity index is 1.81. The van der Waals surface area contributed by atoms with Gasteiger partial charge in [0.25, 0.3) is 5.91 Å². The van der Waals surface area contributed by atoms with Gasteiger partial charge >= 0.3 is 0 Å². The van der Waals surface area contributed by atoms with Crippen LogP contribution in [0.3, 0.4) is 0 Å². The van der Waals surface area contributed by atoms with Gasteiger partial charge < -0.3 is 11.1 Å². The highest BCUT2D eigenvalue weighted by atomic mass is 32.1. The molecule has 3 N–H and O–H groups in total. The molecule has 0 aromatic carbocycles. The first-order valence-electron chi connectivity index (χ1n) is 8.05. The van der Waals surface area contributed by atoms with Crippen molar-refractivity contribution in [3.05, 3.63) is 44.5 Å². The van der Waals surface area contributed by atoms with E-state index < -0.39 is 5.91 Å². The first-order valence-corrected chi connectivity index (χ1v) is 9.75. The molecule has 2 aromatic rings. The zero-order chi connectivity index (χ0) is 17.1. The van der Waals surface area contributed by atoms with Crippen molar-refractivity contribution in [1.82, 2.24) is 0 Å². The zero-order valence-corrected chi connectivity index (χ0v) is 15.1. The van der Waals surface area contributed by atoms with E-state index >= 15 is 0 Å². The fourth-order valence-electron chi connectivity index (χ4n) is 3.05. The molecule has 3 rings (SSSR count). The minimum absolute atomic E-state index is 0.239. The molecule has 1 aliphatic rings. The quantitative estimate of drug-likeness (QED) is 0.789. The molecule has 0 saturated carbocycles. The molecule has 24 heavy (non-hydrogen) atoms. The van der Waals surface area contributed by atoms with Gasteiger partial charge in [0.15, 0.2) is 0 Å². The van der Waals surface area contributed by atoms with Crippen LogP contribution in [0.1, 0.15) is 45.4 Å². The largest absolute Gasteiger partial charge is 0.365 e. The SMILES string of the molecule is CC[C@H]1CCc2c(sc(NC(=O)/C=C\c3cccs3)c2C(N)=O)C1. The summed E-state index contributed by atoms with van der Waals surface area (Å²) < 4.78 is 0. The molecular formula is C18H20N2O2S2. The maximum Gasteiger partial charge on any atom is 0.251 e. The lowest BCUT2D eigenvalue weighted by atomic mass is 9.85. The molecule has 1 atom stereocenters. The van der Waals surface area contributed by atoms with Gasteiger partial charge in [-0.25, -0.2) is 0 Å². The van der Waals surface area contributed by atoms with Gasteiger partial charge in [-0.1, -0.05) is 19.4 Å². The molecule has 0 saturated heterocycles. The third-order valence-corrected chi connectivity index (χ3v) is 6.38. The van der Waals surface area contributed by atoms with Crippen LogP contribution in [0, 0.1) is 5.92 Å². The number of hydrogen-bond donors (Lipinski definition) is 2. The number of rotatable bonds is 5. The van der Waals surface area contributed by atoms with E-state index in [2.05, 4.69) is 12.2 Å². The van der Waals surface area contributed by atoms with E-state index in [1.807, 2.05) is 17.5 Å². The van der Waals surface area contributed by atoms with Crippen LogP contribution in [-0.4, -0.2) is 11.8 Å². The summed E-state index contributed by atoms with van der Waals surface area (Å²) in [6.07, 6.45) is 7.30. The molecule has 2 amide bonds. The zero-order valence-electron chi connectivity index (χ0n) is 13.5. The maximum atomic E-state index is 12.2. The number of carbonyl (C=O) groups excluding carboxylic acids is 2. The monoisotopic (exact) mass is 360 g/mol. The molecule has 6 heteroatoms. The smallest absolute Gasteiger partial charge is 0.251 e. The van der Waals surface area contributed by atoms with E-state index in [9.17, 15) is 9.59 Å². The summed E-state index contributed by atoms with van der Waals surface area (Å²) in [6, 6.07) is 3.88. The molecule has 1 aliphatic carbocycles. The Labute approximate surface area is 149 Å². The lowest BCUT2D eigenvalue weighted by Gasteiger charge is -2.20. The van der Waals surface area contributed by atoms with Crippen molar-refractivity contribution in [1.29, 1.82) is 0 Å². The molecule has 2 heterocycles. The van der Waals surface area contributed by atoms with Gasteiger partial charge in [-0.15, -0.1) is 22.7 Å². The number of amides is 2. The lowest BCUT2D eigenvalue weighted by Crippen LogP contribution is -2.19. The van der Waals surface area contributed by atoms with Crippen LogP contribution in [-0.2, 0) is 17.6 Å². The number of fused-ring (bicyclic) bond motifs is 1. The van der Waals surface area contributed by atoms with Gasteiger partial charge in [-0.05, 0) is 48.3 Å². The Morgan fingerprint density at radius 1 is 1.46 bits per heavy atom. The summed E-state index contributed by atoms with van der Waals surface area (Å²) in [7, 11) is 0. The summed E-state index contributed by atoms with van der Waals surface area (Å²) in [5.41, 5.74) is 7.12.